The normalized spacial score (nSPS) is 14.9. The molecule has 1 aromatic heterocycles. The predicted octanol–water partition coefficient (Wildman–Crippen LogP) is 4.85. The zero-order chi connectivity index (χ0) is 24.8. The van der Waals surface area contributed by atoms with Gasteiger partial charge in [0.25, 0.3) is 5.91 Å². The van der Waals surface area contributed by atoms with Gasteiger partial charge in [0, 0.05) is 17.0 Å². The van der Waals surface area contributed by atoms with Crippen molar-refractivity contribution in [1.29, 1.82) is 0 Å². The molecule has 184 valence electrons. The molecule has 7 nitrogen and oxygen atoms in total. The third-order valence-corrected chi connectivity index (χ3v) is 6.94. The van der Waals surface area contributed by atoms with E-state index in [2.05, 4.69) is 10.3 Å². The number of hydrogen-bond acceptors (Lipinski definition) is 6. The first-order chi connectivity index (χ1) is 17.0. The van der Waals surface area contributed by atoms with Crippen LogP contribution < -0.4 is 19.7 Å². The van der Waals surface area contributed by atoms with E-state index in [-0.39, 0.29) is 30.8 Å². The molecular weight excluding hydrogens is 462 g/mol. The fourth-order valence-electron chi connectivity index (χ4n) is 4.03. The lowest BCUT2D eigenvalue weighted by Gasteiger charge is -2.34. The Morgan fingerprint density at radius 2 is 1.89 bits per heavy atom. The largest absolute Gasteiger partial charge is 0.494 e. The molecule has 2 aromatic carbocycles. The van der Waals surface area contributed by atoms with Crippen molar-refractivity contribution in [3.8, 4) is 22.1 Å². The van der Waals surface area contributed by atoms with Crippen LogP contribution in [0.15, 0.2) is 53.9 Å². The van der Waals surface area contributed by atoms with Crippen LogP contribution >= 0.6 is 11.3 Å². The summed E-state index contributed by atoms with van der Waals surface area (Å²) in [6, 6.07) is 15.2. The molecule has 35 heavy (non-hydrogen) atoms. The molecule has 8 heteroatoms. The second-order valence-electron chi connectivity index (χ2n) is 8.38. The van der Waals surface area contributed by atoms with Crippen LogP contribution in [0.3, 0.4) is 0 Å². The number of benzene rings is 2. The Morgan fingerprint density at radius 3 is 2.60 bits per heavy atom. The number of ether oxygens (including phenoxy) is 2. The number of nitrogens with zero attached hydrogens (tertiary/aromatic N) is 2. The number of rotatable bonds is 9. The Morgan fingerprint density at radius 1 is 1.14 bits per heavy atom. The summed E-state index contributed by atoms with van der Waals surface area (Å²) in [6.45, 7) is 6.81. The van der Waals surface area contributed by atoms with Crippen molar-refractivity contribution < 1.29 is 19.1 Å². The minimum Gasteiger partial charge on any atom is -0.494 e. The maximum atomic E-state index is 13.4. The highest BCUT2D eigenvalue weighted by Gasteiger charge is 2.34. The summed E-state index contributed by atoms with van der Waals surface area (Å²) >= 11 is 1.50. The zero-order valence-electron chi connectivity index (χ0n) is 20.3. The van der Waals surface area contributed by atoms with E-state index in [9.17, 15) is 9.59 Å². The molecule has 0 saturated heterocycles. The number of aromatic nitrogens is 1. The molecule has 2 heterocycles. The van der Waals surface area contributed by atoms with E-state index in [0.717, 1.165) is 29.2 Å². The maximum absolute atomic E-state index is 13.4. The van der Waals surface area contributed by atoms with Crippen LogP contribution in [-0.2, 0) is 16.0 Å². The van der Waals surface area contributed by atoms with Crippen molar-refractivity contribution >= 4 is 28.8 Å². The average Bonchev–Trinajstić information content (AvgIpc) is 3.35. The number of fused-ring (bicyclic) bond motifs is 1. The van der Waals surface area contributed by atoms with Crippen molar-refractivity contribution in [1.82, 2.24) is 10.3 Å². The third kappa shape index (κ3) is 5.82. The maximum Gasteiger partial charge on any atom is 0.263 e. The van der Waals surface area contributed by atoms with E-state index in [1.165, 1.54) is 11.3 Å². The van der Waals surface area contributed by atoms with Crippen molar-refractivity contribution in [3.63, 3.8) is 0 Å². The average molecular weight is 494 g/mol. The minimum absolute atomic E-state index is 0.0865. The van der Waals surface area contributed by atoms with Gasteiger partial charge in [-0.2, -0.15) is 0 Å². The van der Waals surface area contributed by atoms with Gasteiger partial charge in [-0.3, -0.25) is 9.59 Å². The lowest BCUT2D eigenvalue weighted by Crippen LogP contribution is -2.52. The summed E-state index contributed by atoms with van der Waals surface area (Å²) in [4.78, 5) is 32.6. The van der Waals surface area contributed by atoms with Gasteiger partial charge in [-0.1, -0.05) is 26.0 Å². The first-order valence-corrected chi connectivity index (χ1v) is 12.9. The number of para-hydroxylation sites is 2. The highest BCUT2D eigenvalue weighted by molar-refractivity contribution is 7.13. The van der Waals surface area contributed by atoms with Crippen LogP contribution in [-0.4, -0.2) is 42.1 Å². The Balaban J connectivity index is 1.48. The third-order valence-electron chi connectivity index (χ3n) is 6.00. The fraction of sp³-hybridized carbons (Fsp3) is 0.370. The number of amides is 2. The Labute approximate surface area is 210 Å². The molecule has 1 unspecified atom stereocenters. The Kier molecular flexibility index (Phi) is 8.02. The second kappa shape index (κ2) is 11.4. The summed E-state index contributed by atoms with van der Waals surface area (Å²) in [5, 5.41) is 5.80. The van der Waals surface area contributed by atoms with Gasteiger partial charge < -0.3 is 19.7 Å². The highest BCUT2D eigenvalue weighted by Crippen LogP contribution is 2.34. The molecule has 0 bridgehead atoms. The number of thiazole rings is 1. The first kappa shape index (κ1) is 24.7. The molecule has 0 fully saturated rings. The van der Waals surface area contributed by atoms with Crippen LogP contribution in [0.25, 0.3) is 10.6 Å². The van der Waals surface area contributed by atoms with Gasteiger partial charge >= 0.3 is 0 Å². The van der Waals surface area contributed by atoms with E-state index in [0.29, 0.717) is 23.7 Å². The SMILES string of the molecule is CCOc1ccc(-c2nc(CC(=O)N3CC(C(=O)NC(CC)CC)Oc4ccccc43)cs2)cc1. The Bertz CT molecular complexity index is 1160. The Hall–Kier alpha value is -3.39. The molecule has 2 amide bonds. The van der Waals surface area contributed by atoms with Gasteiger partial charge in [0.05, 0.1) is 31.0 Å². The van der Waals surface area contributed by atoms with Crippen molar-refractivity contribution in [2.45, 2.75) is 52.2 Å². The highest BCUT2D eigenvalue weighted by atomic mass is 32.1. The first-order valence-electron chi connectivity index (χ1n) is 12.1. The molecule has 1 aliphatic heterocycles. The lowest BCUT2D eigenvalue weighted by atomic mass is 10.1. The quantitative estimate of drug-likeness (QED) is 0.461. The van der Waals surface area contributed by atoms with Crippen molar-refractivity contribution in [2.75, 3.05) is 18.1 Å². The molecule has 3 aromatic rings. The predicted molar refractivity (Wildman–Crippen MR) is 138 cm³/mol. The van der Waals surface area contributed by atoms with Crippen LogP contribution in [0.4, 0.5) is 5.69 Å². The van der Waals surface area contributed by atoms with Gasteiger partial charge in [-0.15, -0.1) is 11.3 Å². The minimum atomic E-state index is -0.760. The van der Waals surface area contributed by atoms with Gasteiger partial charge in [-0.25, -0.2) is 4.98 Å². The van der Waals surface area contributed by atoms with Gasteiger partial charge in [-0.05, 0) is 56.2 Å². The van der Waals surface area contributed by atoms with Crippen LogP contribution in [0.2, 0.25) is 0 Å². The van der Waals surface area contributed by atoms with Gasteiger partial charge in [0.15, 0.2) is 6.10 Å². The molecule has 1 atom stereocenters. The van der Waals surface area contributed by atoms with Gasteiger partial charge in [0.2, 0.25) is 5.91 Å². The topological polar surface area (TPSA) is 80.8 Å². The standard InChI is InChI=1S/C27H31N3O4S/c1-4-19(5-2)28-26(32)24-16-30(22-9-7-8-10-23(22)34-24)25(31)15-20-17-35-27(29-20)18-11-13-21(14-12-18)33-6-3/h7-14,17,19,24H,4-6,15-16H2,1-3H3,(H,28,32). The molecular formula is C27H31N3O4S. The summed E-state index contributed by atoms with van der Waals surface area (Å²) in [5.41, 5.74) is 2.35. The van der Waals surface area contributed by atoms with Crippen LogP contribution in [0.1, 0.15) is 39.3 Å². The van der Waals surface area contributed by atoms with Gasteiger partial charge in [0.1, 0.15) is 16.5 Å². The summed E-state index contributed by atoms with van der Waals surface area (Å²) in [5.74, 6) is 1.03. The zero-order valence-corrected chi connectivity index (χ0v) is 21.1. The molecule has 0 saturated carbocycles. The van der Waals surface area contributed by atoms with E-state index < -0.39 is 6.10 Å². The summed E-state index contributed by atoms with van der Waals surface area (Å²) in [6.07, 6.45) is 1.07. The monoisotopic (exact) mass is 493 g/mol. The molecule has 1 aliphatic rings. The smallest absolute Gasteiger partial charge is 0.263 e. The van der Waals surface area contributed by atoms with E-state index >= 15 is 0 Å². The molecule has 1 N–H and O–H groups in total. The number of carbonyl (C=O) groups is 2. The number of hydrogen-bond donors (Lipinski definition) is 1. The van der Waals surface area contributed by atoms with Crippen molar-refractivity contribution in [2.24, 2.45) is 0 Å². The lowest BCUT2D eigenvalue weighted by molar-refractivity contribution is -0.129. The number of nitrogens with one attached hydrogen (secondary N) is 1. The fourth-order valence-corrected chi connectivity index (χ4v) is 4.85. The van der Waals surface area contributed by atoms with Crippen LogP contribution in [0, 0.1) is 0 Å². The summed E-state index contributed by atoms with van der Waals surface area (Å²) < 4.78 is 11.5. The summed E-state index contributed by atoms with van der Waals surface area (Å²) in [7, 11) is 0. The van der Waals surface area contributed by atoms with Crippen molar-refractivity contribution in [3.05, 3.63) is 59.6 Å². The van der Waals surface area contributed by atoms with E-state index in [1.54, 1.807) is 11.0 Å². The molecule has 4 rings (SSSR count). The molecule has 0 aliphatic carbocycles. The van der Waals surface area contributed by atoms with E-state index in [4.69, 9.17) is 9.47 Å². The molecule has 0 spiro atoms. The number of carbonyl (C=O) groups excluding carboxylic acids is 2. The van der Waals surface area contributed by atoms with Crippen LogP contribution in [0.5, 0.6) is 11.5 Å². The second-order valence-corrected chi connectivity index (χ2v) is 9.24. The molecule has 0 radical (unpaired) electrons. The van der Waals surface area contributed by atoms with E-state index in [1.807, 2.05) is 68.6 Å². The number of anilines is 1.